The molecule has 0 spiro atoms. The number of nitrogens with zero attached hydrogens (tertiary/aromatic N) is 1. The third-order valence-electron chi connectivity index (χ3n) is 2.10. The van der Waals surface area contributed by atoms with E-state index in [0.29, 0.717) is 0 Å². The van der Waals surface area contributed by atoms with E-state index < -0.39 is 5.69 Å². The maximum atomic E-state index is 11.5. The molecule has 0 saturated heterocycles. The van der Waals surface area contributed by atoms with Crippen molar-refractivity contribution in [1.82, 2.24) is 9.55 Å². The summed E-state index contributed by atoms with van der Waals surface area (Å²) in [6, 6.07) is 5.05. The summed E-state index contributed by atoms with van der Waals surface area (Å²) in [6.07, 6.45) is 0. The van der Waals surface area contributed by atoms with E-state index in [1.54, 1.807) is 11.3 Å². The van der Waals surface area contributed by atoms with Gasteiger partial charge in [-0.2, -0.15) is 0 Å². The molecule has 0 radical (unpaired) electrons. The molecular weight excluding hydrogens is 248 g/mol. The van der Waals surface area contributed by atoms with Crippen molar-refractivity contribution in [2.45, 2.75) is 13.5 Å². The summed E-state index contributed by atoms with van der Waals surface area (Å²) >= 11 is 7.12. The number of nitrogens with one attached hydrogen (secondary N) is 1. The molecule has 0 saturated carbocycles. The highest BCUT2D eigenvalue weighted by atomic mass is 35.5. The van der Waals surface area contributed by atoms with Crippen LogP contribution in [0.2, 0.25) is 5.15 Å². The van der Waals surface area contributed by atoms with Crippen molar-refractivity contribution < 1.29 is 0 Å². The molecule has 1 N–H and O–H groups in total. The lowest BCUT2D eigenvalue weighted by Crippen LogP contribution is -2.34. The minimum atomic E-state index is -0.483. The highest BCUT2D eigenvalue weighted by Crippen LogP contribution is 2.15. The minimum Gasteiger partial charge on any atom is -0.298 e. The number of aryl methyl sites for hydroxylation is 1. The lowest BCUT2D eigenvalue weighted by Gasteiger charge is -2.01. The second kappa shape index (κ2) is 4.27. The van der Waals surface area contributed by atoms with E-state index in [2.05, 4.69) is 4.98 Å². The quantitative estimate of drug-likeness (QED) is 0.830. The van der Waals surface area contributed by atoms with Gasteiger partial charge in [0, 0.05) is 15.8 Å². The van der Waals surface area contributed by atoms with Crippen LogP contribution in [0.5, 0.6) is 0 Å². The van der Waals surface area contributed by atoms with Crippen LogP contribution in [0, 0.1) is 6.92 Å². The predicted octanol–water partition coefficient (Wildman–Crippen LogP) is 1.61. The number of hydrogen-bond acceptors (Lipinski definition) is 3. The molecule has 2 aromatic rings. The zero-order valence-corrected chi connectivity index (χ0v) is 10.1. The van der Waals surface area contributed by atoms with E-state index in [0.717, 1.165) is 14.3 Å². The third-order valence-corrected chi connectivity index (χ3v) is 3.29. The molecule has 16 heavy (non-hydrogen) atoms. The van der Waals surface area contributed by atoms with Gasteiger partial charge in [-0.25, -0.2) is 4.79 Å². The monoisotopic (exact) mass is 256 g/mol. The molecule has 0 bridgehead atoms. The number of rotatable bonds is 2. The summed E-state index contributed by atoms with van der Waals surface area (Å²) in [7, 11) is 0. The van der Waals surface area contributed by atoms with E-state index in [1.807, 2.05) is 19.1 Å². The van der Waals surface area contributed by atoms with Crippen LogP contribution in [-0.4, -0.2) is 9.55 Å². The molecule has 2 rings (SSSR count). The van der Waals surface area contributed by atoms with Crippen LogP contribution in [0.3, 0.4) is 0 Å². The Balaban J connectivity index is 2.43. The van der Waals surface area contributed by atoms with Crippen LogP contribution < -0.4 is 11.2 Å². The molecule has 0 aliphatic rings. The van der Waals surface area contributed by atoms with Crippen molar-refractivity contribution in [2.75, 3.05) is 0 Å². The van der Waals surface area contributed by atoms with Gasteiger partial charge in [0.2, 0.25) is 0 Å². The van der Waals surface area contributed by atoms with Crippen molar-refractivity contribution in [2.24, 2.45) is 0 Å². The number of thiophene rings is 1. The third kappa shape index (κ3) is 2.25. The SMILES string of the molecule is Cc1ccc(Cn2c(=O)cc(Cl)[nH]c2=O)s1. The molecule has 0 atom stereocenters. The molecule has 0 amide bonds. The number of halogens is 1. The first-order chi connectivity index (χ1) is 7.56. The minimum absolute atomic E-state index is 0.0635. The van der Waals surface area contributed by atoms with Gasteiger partial charge in [0.15, 0.2) is 0 Å². The summed E-state index contributed by atoms with van der Waals surface area (Å²) in [5, 5.41) is 0.0635. The Kier molecular flexibility index (Phi) is 2.98. The van der Waals surface area contributed by atoms with Gasteiger partial charge in [0.1, 0.15) is 5.15 Å². The highest BCUT2D eigenvalue weighted by molar-refractivity contribution is 7.11. The first-order valence-corrected chi connectivity index (χ1v) is 5.80. The molecule has 6 heteroatoms. The number of aromatic amines is 1. The van der Waals surface area contributed by atoms with Gasteiger partial charge in [0.25, 0.3) is 5.56 Å². The Morgan fingerprint density at radius 1 is 1.44 bits per heavy atom. The van der Waals surface area contributed by atoms with Crippen LogP contribution in [-0.2, 0) is 6.54 Å². The van der Waals surface area contributed by atoms with Crippen molar-refractivity contribution in [1.29, 1.82) is 0 Å². The maximum Gasteiger partial charge on any atom is 0.329 e. The molecular formula is C10H9ClN2O2S. The molecule has 0 aliphatic heterocycles. The molecule has 0 aromatic carbocycles. The van der Waals surface area contributed by atoms with Gasteiger partial charge in [0.05, 0.1) is 6.54 Å². The average Bonchev–Trinajstić information content (AvgIpc) is 2.58. The maximum absolute atomic E-state index is 11.5. The Morgan fingerprint density at radius 3 is 2.75 bits per heavy atom. The number of hydrogen-bond donors (Lipinski definition) is 1. The van der Waals surface area contributed by atoms with Gasteiger partial charge in [-0.3, -0.25) is 14.3 Å². The van der Waals surface area contributed by atoms with E-state index in [4.69, 9.17) is 11.6 Å². The molecule has 0 aliphatic carbocycles. The van der Waals surface area contributed by atoms with Crippen LogP contribution >= 0.6 is 22.9 Å². The van der Waals surface area contributed by atoms with Crippen LogP contribution in [0.1, 0.15) is 9.75 Å². The molecule has 84 valence electrons. The summed E-state index contributed by atoms with van der Waals surface area (Å²) < 4.78 is 1.12. The molecule has 4 nitrogen and oxygen atoms in total. The van der Waals surface area contributed by atoms with E-state index in [1.165, 1.54) is 6.07 Å². The standard InChI is InChI=1S/C10H9ClN2O2S/c1-6-2-3-7(16-6)5-13-9(14)4-8(11)12-10(13)15/h2-4H,5H2,1H3,(H,12,15). The van der Waals surface area contributed by atoms with Gasteiger partial charge < -0.3 is 0 Å². The van der Waals surface area contributed by atoms with Crippen molar-refractivity contribution in [3.05, 3.63) is 53.9 Å². The van der Waals surface area contributed by atoms with E-state index in [9.17, 15) is 9.59 Å². The molecule has 2 aromatic heterocycles. The summed E-state index contributed by atoms with van der Waals surface area (Å²) in [5.74, 6) is 0. The van der Waals surface area contributed by atoms with Crippen LogP contribution in [0.4, 0.5) is 0 Å². The second-order valence-corrected chi connectivity index (χ2v) is 5.14. The summed E-state index contributed by atoms with van der Waals surface area (Å²) in [5.41, 5.74) is -0.872. The first-order valence-electron chi connectivity index (χ1n) is 4.61. The van der Waals surface area contributed by atoms with Gasteiger partial charge in [-0.15, -0.1) is 11.3 Å². The molecule has 0 fully saturated rings. The summed E-state index contributed by atoms with van der Waals surface area (Å²) in [6.45, 7) is 2.26. The Hall–Kier alpha value is -1.33. The normalized spacial score (nSPS) is 10.6. The topological polar surface area (TPSA) is 54.9 Å². The van der Waals surface area contributed by atoms with Gasteiger partial charge in [-0.05, 0) is 19.1 Å². The molecule has 0 unspecified atom stereocenters. The first kappa shape index (κ1) is 11.2. The number of H-pyrrole nitrogens is 1. The molecule has 2 heterocycles. The lowest BCUT2D eigenvalue weighted by atomic mass is 10.4. The van der Waals surface area contributed by atoms with Crippen LogP contribution in [0.15, 0.2) is 27.8 Å². The lowest BCUT2D eigenvalue weighted by molar-refractivity contribution is 0.707. The van der Waals surface area contributed by atoms with E-state index in [-0.39, 0.29) is 17.3 Å². The fourth-order valence-corrected chi connectivity index (χ4v) is 2.42. The van der Waals surface area contributed by atoms with Crippen molar-refractivity contribution in [3.63, 3.8) is 0 Å². The van der Waals surface area contributed by atoms with Gasteiger partial charge in [-0.1, -0.05) is 11.6 Å². The Bertz CT molecular complexity index is 595. The Morgan fingerprint density at radius 2 is 2.19 bits per heavy atom. The second-order valence-electron chi connectivity index (χ2n) is 3.36. The fourth-order valence-electron chi connectivity index (χ4n) is 1.37. The largest absolute Gasteiger partial charge is 0.329 e. The smallest absolute Gasteiger partial charge is 0.298 e. The van der Waals surface area contributed by atoms with Crippen molar-refractivity contribution in [3.8, 4) is 0 Å². The Labute approximate surface area is 100 Å². The fraction of sp³-hybridized carbons (Fsp3) is 0.200. The van der Waals surface area contributed by atoms with Gasteiger partial charge >= 0.3 is 5.69 Å². The van der Waals surface area contributed by atoms with Crippen molar-refractivity contribution >= 4 is 22.9 Å². The summed E-state index contributed by atoms with van der Waals surface area (Å²) in [4.78, 5) is 27.5. The predicted molar refractivity (Wildman–Crippen MR) is 64.5 cm³/mol. The number of aromatic nitrogens is 2. The zero-order valence-electron chi connectivity index (χ0n) is 8.49. The van der Waals surface area contributed by atoms with E-state index >= 15 is 0 Å². The zero-order chi connectivity index (χ0) is 11.7. The van der Waals surface area contributed by atoms with Crippen LogP contribution in [0.25, 0.3) is 0 Å². The average molecular weight is 257 g/mol. The highest BCUT2D eigenvalue weighted by Gasteiger charge is 2.05.